The molecule has 1 saturated heterocycles. The van der Waals surface area contributed by atoms with E-state index in [9.17, 15) is 9.59 Å². The zero-order valence-corrected chi connectivity index (χ0v) is 13.5. The Kier molecular flexibility index (Phi) is 3.62. The Hall–Kier alpha value is -1.60. The van der Waals surface area contributed by atoms with Crippen molar-refractivity contribution in [3.8, 4) is 0 Å². The molecule has 1 amide bonds. The molecule has 2 atom stereocenters. The number of fused-ring (bicyclic) bond motifs is 1. The van der Waals surface area contributed by atoms with Crippen LogP contribution in [0.2, 0.25) is 0 Å². The topological polar surface area (TPSA) is 59.0 Å². The summed E-state index contributed by atoms with van der Waals surface area (Å²) in [6.07, 6.45) is 0. The molecule has 0 saturated carbocycles. The Labute approximate surface area is 130 Å². The van der Waals surface area contributed by atoms with Gasteiger partial charge in [0, 0.05) is 4.88 Å². The molecule has 7 heteroatoms. The second-order valence-corrected chi connectivity index (χ2v) is 7.06. The highest BCUT2D eigenvalue weighted by molar-refractivity contribution is 8.15. The van der Waals surface area contributed by atoms with E-state index in [0.29, 0.717) is 16.4 Å². The van der Waals surface area contributed by atoms with Gasteiger partial charge in [0.05, 0.1) is 23.6 Å². The molecule has 0 aliphatic carbocycles. The van der Waals surface area contributed by atoms with Crippen LogP contribution in [0.15, 0.2) is 33.8 Å². The number of hydrogen-bond donors (Lipinski definition) is 0. The third kappa shape index (κ3) is 2.20. The molecule has 0 N–H and O–H groups in total. The van der Waals surface area contributed by atoms with Crippen molar-refractivity contribution in [1.82, 2.24) is 4.90 Å². The lowest BCUT2D eigenvalue weighted by Crippen LogP contribution is -2.40. The summed E-state index contributed by atoms with van der Waals surface area (Å²) in [6.45, 7) is 3.64. The Balaban J connectivity index is 2.16. The van der Waals surface area contributed by atoms with Crippen LogP contribution in [0.3, 0.4) is 0 Å². The second kappa shape index (κ2) is 5.31. The second-order valence-electron chi connectivity index (χ2n) is 4.77. The van der Waals surface area contributed by atoms with Crippen molar-refractivity contribution in [1.29, 1.82) is 0 Å². The van der Waals surface area contributed by atoms with Gasteiger partial charge < -0.3 is 4.74 Å². The number of allylic oxidation sites excluding steroid dienone is 1. The van der Waals surface area contributed by atoms with Crippen molar-refractivity contribution < 1.29 is 14.3 Å². The SMILES string of the molecule is COC(=O)C1=C(C)N=C2S[C@H](C)C(=O)N2[C@H]1c1cccs1. The summed E-state index contributed by atoms with van der Waals surface area (Å²) in [5.41, 5.74) is 1.05. The zero-order valence-electron chi connectivity index (χ0n) is 11.8. The Morgan fingerprint density at radius 2 is 2.24 bits per heavy atom. The van der Waals surface area contributed by atoms with Gasteiger partial charge in [-0.25, -0.2) is 9.79 Å². The number of ether oxygens (including phenoxy) is 1. The zero-order chi connectivity index (χ0) is 15.1. The van der Waals surface area contributed by atoms with Gasteiger partial charge in [-0.3, -0.25) is 9.69 Å². The maximum absolute atomic E-state index is 12.5. The number of carbonyl (C=O) groups is 2. The normalized spacial score (nSPS) is 25.0. The van der Waals surface area contributed by atoms with Crippen molar-refractivity contribution in [2.24, 2.45) is 4.99 Å². The molecule has 3 rings (SSSR count). The predicted octanol–water partition coefficient (Wildman–Crippen LogP) is 2.57. The number of nitrogens with zero attached hydrogens (tertiary/aromatic N) is 2. The van der Waals surface area contributed by atoms with E-state index >= 15 is 0 Å². The smallest absolute Gasteiger partial charge is 0.338 e. The molecule has 0 aromatic carbocycles. The van der Waals surface area contributed by atoms with Crippen molar-refractivity contribution in [3.63, 3.8) is 0 Å². The summed E-state index contributed by atoms with van der Waals surface area (Å²) in [4.78, 5) is 31.6. The summed E-state index contributed by atoms with van der Waals surface area (Å²) in [7, 11) is 1.34. The first-order valence-corrected chi connectivity index (χ1v) is 8.21. The fraction of sp³-hybridized carbons (Fsp3) is 0.357. The quantitative estimate of drug-likeness (QED) is 0.785. The summed E-state index contributed by atoms with van der Waals surface area (Å²) < 4.78 is 4.89. The molecular weight excluding hydrogens is 308 g/mol. The van der Waals surface area contributed by atoms with Crippen LogP contribution in [0.1, 0.15) is 24.8 Å². The van der Waals surface area contributed by atoms with Gasteiger partial charge in [0.25, 0.3) is 0 Å². The molecule has 5 nitrogen and oxygen atoms in total. The van der Waals surface area contributed by atoms with Gasteiger partial charge in [0.2, 0.25) is 5.91 Å². The summed E-state index contributed by atoms with van der Waals surface area (Å²) >= 11 is 2.94. The van der Waals surface area contributed by atoms with Crippen LogP contribution < -0.4 is 0 Å². The fourth-order valence-corrected chi connectivity index (χ4v) is 4.34. The molecule has 21 heavy (non-hydrogen) atoms. The van der Waals surface area contributed by atoms with Gasteiger partial charge in [0.15, 0.2) is 5.17 Å². The van der Waals surface area contributed by atoms with Gasteiger partial charge in [-0.15, -0.1) is 11.3 Å². The van der Waals surface area contributed by atoms with E-state index in [1.54, 1.807) is 11.8 Å². The highest BCUT2D eigenvalue weighted by atomic mass is 32.2. The van der Waals surface area contributed by atoms with Crippen LogP contribution >= 0.6 is 23.1 Å². The van der Waals surface area contributed by atoms with Crippen molar-refractivity contribution >= 4 is 40.1 Å². The predicted molar refractivity (Wildman–Crippen MR) is 83.1 cm³/mol. The number of amides is 1. The first-order valence-electron chi connectivity index (χ1n) is 6.45. The largest absolute Gasteiger partial charge is 0.466 e. The van der Waals surface area contributed by atoms with Gasteiger partial charge in [-0.2, -0.15) is 0 Å². The molecule has 1 fully saturated rings. The number of rotatable bonds is 2. The standard InChI is InChI=1S/C14H14N2O3S2/c1-7-10(13(18)19-3)11(9-5-4-6-20-9)16-12(17)8(2)21-14(16)15-7/h4-6,8,11H,1-3H3/t8-,11+/m1/s1. The van der Waals surface area contributed by atoms with Crippen molar-refractivity contribution in [3.05, 3.63) is 33.7 Å². The van der Waals surface area contributed by atoms with Gasteiger partial charge in [-0.1, -0.05) is 17.8 Å². The Morgan fingerprint density at radius 3 is 2.86 bits per heavy atom. The Bertz CT molecular complexity index is 664. The third-order valence-corrected chi connectivity index (χ3v) is 5.45. The maximum atomic E-state index is 12.5. The van der Waals surface area contributed by atoms with Gasteiger partial charge >= 0.3 is 5.97 Å². The van der Waals surface area contributed by atoms with Crippen LogP contribution in [0, 0.1) is 0 Å². The van der Waals surface area contributed by atoms with Crippen LogP contribution in [-0.4, -0.2) is 34.3 Å². The van der Waals surface area contributed by atoms with E-state index in [4.69, 9.17) is 4.74 Å². The van der Waals surface area contributed by atoms with Crippen LogP contribution in [0.25, 0.3) is 0 Å². The monoisotopic (exact) mass is 322 g/mol. The average molecular weight is 322 g/mol. The van der Waals surface area contributed by atoms with E-state index in [2.05, 4.69) is 4.99 Å². The number of amidine groups is 1. The highest BCUT2D eigenvalue weighted by Gasteiger charge is 2.46. The van der Waals surface area contributed by atoms with E-state index in [0.717, 1.165) is 4.88 Å². The third-order valence-electron chi connectivity index (χ3n) is 3.48. The number of esters is 1. The molecule has 1 aromatic rings. The van der Waals surface area contributed by atoms with Crippen LogP contribution in [0.5, 0.6) is 0 Å². The van der Waals surface area contributed by atoms with Crippen LogP contribution in [-0.2, 0) is 14.3 Å². The fourth-order valence-electron chi connectivity index (χ4n) is 2.49. The molecule has 2 aliphatic heterocycles. The van der Waals surface area contributed by atoms with Gasteiger partial charge in [-0.05, 0) is 25.3 Å². The lowest BCUT2D eigenvalue weighted by Gasteiger charge is -2.31. The van der Waals surface area contributed by atoms with Gasteiger partial charge in [0.1, 0.15) is 6.04 Å². The first-order chi connectivity index (χ1) is 10.0. The number of hydrogen-bond acceptors (Lipinski definition) is 6. The van der Waals surface area contributed by atoms with E-state index in [-0.39, 0.29) is 11.2 Å². The molecule has 0 spiro atoms. The summed E-state index contributed by atoms with van der Waals surface area (Å²) in [5, 5.41) is 2.41. The number of carbonyl (C=O) groups excluding carboxylic acids is 2. The molecular formula is C14H14N2O3S2. The van der Waals surface area contributed by atoms with E-state index < -0.39 is 12.0 Å². The number of thiophene rings is 1. The van der Waals surface area contributed by atoms with Crippen molar-refractivity contribution in [2.75, 3.05) is 7.11 Å². The minimum Gasteiger partial charge on any atom is -0.466 e. The highest BCUT2D eigenvalue weighted by Crippen LogP contribution is 2.44. The lowest BCUT2D eigenvalue weighted by molar-refractivity contribution is -0.137. The Morgan fingerprint density at radius 1 is 1.48 bits per heavy atom. The van der Waals surface area contributed by atoms with Crippen molar-refractivity contribution in [2.45, 2.75) is 25.1 Å². The lowest BCUT2D eigenvalue weighted by atomic mass is 10.0. The number of aliphatic imine (C=N–C) groups is 1. The summed E-state index contributed by atoms with van der Waals surface area (Å²) in [5.74, 6) is -0.461. The average Bonchev–Trinajstić information content (AvgIpc) is 3.07. The number of thioether (sulfide) groups is 1. The van der Waals surface area contributed by atoms with E-state index in [1.807, 2.05) is 24.4 Å². The molecule has 3 heterocycles. The molecule has 1 aromatic heterocycles. The maximum Gasteiger partial charge on any atom is 0.338 e. The molecule has 0 radical (unpaired) electrons. The molecule has 0 unspecified atom stereocenters. The minimum absolute atomic E-state index is 0.0222. The minimum atomic E-state index is -0.439. The first kappa shape index (κ1) is 14.3. The molecule has 110 valence electrons. The van der Waals surface area contributed by atoms with Crippen LogP contribution in [0.4, 0.5) is 0 Å². The molecule has 2 aliphatic rings. The van der Waals surface area contributed by atoms with E-state index in [1.165, 1.54) is 30.2 Å². The molecule has 0 bridgehead atoms. The number of methoxy groups -OCH3 is 1. The summed E-state index contributed by atoms with van der Waals surface area (Å²) in [6, 6.07) is 3.40.